The monoisotopic (exact) mass is 518 g/mol. The predicted molar refractivity (Wildman–Crippen MR) is 152 cm³/mol. The van der Waals surface area contributed by atoms with Crippen LogP contribution in [0.15, 0.2) is 84.0 Å². The maximum Gasteiger partial charge on any atom is 0.163 e. The van der Waals surface area contributed by atoms with E-state index in [0.717, 1.165) is 58.4 Å². The number of aliphatic imine (C=N–C) groups is 1. The standard InChI is InChI=1S/C31H30N6O2/c1-38-27-17-14-23(19-28(27)39-2)30-24(21-37(35-30)26-9-5-3-6-10-26)20-32-25-15-12-22(13-16-25)31-34-33-29-11-7-4-8-18-36(29)31/h3,5-6,9-10,12-17,19-21H,4,7-8,11,18H2,1-2H3. The minimum absolute atomic E-state index is 0.647. The van der Waals surface area contributed by atoms with Crippen LogP contribution in [0.1, 0.15) is 30.7 Å². The number of aryl methyl sites for hydroxylation is 1. The minimum atomic E-state index is 0.647. The Morgan fingerprint density at radius 3 is 2.41 bits per heavy atom. The fourth-order valence-electron chi connectivity index (χ4n) is 4.94. The van der Waals surface area contributed by atoms with Crippen molar-refractivity contribution in [3.05, 3.63) is 90.4 Å². The zero-order valence-corrected chi connectivity index (χ0v) is 22.1. The average molecular weight is 519 g/mol. The van der Waals surface area contributed by atoms with Crippen molar-refractivity contribution in [1.29, 1.82) is 0 Å². The Bertz CT molecular complexity index is 1600. The second-order valence-corrected chi connectivity index (χ2v) is 9.49. The second-order valence-electron chi connectivity index (χ2n) is 9.49. The molecule has 8 nitrogen and oxygen atoms in total. The summed E-state index contributed by atoms with van der Waals surface area (Å²) in [6.45, 7) is 0.974. The first-order chi connectivity index (χ1) is 19.2. The Labute approximate surface area is 227 Å². The summed E-state index contributed by atoms with van der Waals surface area (Å²) in [6.07, 6.45) is 8.43. The number of rotatable bonds is 7. The van der Waals surface area contributed by atoms with E-state index in [1.54, 1.807) is 14.2 Å². The summed E-state index contributed by atoms with van der Waals surface area (Å²) in [6, 6.07) is 24.0. The Morgan fingerprint density at radius 1 is 0.821 bits per heavy atom. The number of ether oxygens (including phenoxy) is 2. The third-order valence-electron chi connectivity index (χ3n) is 7.01. The summed E-state index contributed by atoms with van der Waals surface area (Å²) in [5.41, 5.74) is 5.46. The van der Waals surface area contributed by atoms with E-state index >= 15 is 0 Å². The first-order valence-electron chi connectivity index (χ1n) is 13.2. The molecule has 3 aromatic carbocycles. The lowest BCUT2D eigenvalue weighted by Gasteiger charge is -2.09. The average Bonchev–Trinajstić information content (AvgIpc) is 3.53. The molecule has 3 heterocycles. The number of hydrogen-bond acceptors (Lipinski definition) is 6. The number of aromatic nitrogens is 5. The van der Waals surface area contributed by atoms with Crippen LogP contribution < -0.4 is 9.47 Å². The Kier molecular flexibility index (Phi) is 6.91. The van der Waals surface area contributed by atoms with Crippen molar-refractivity contribution in [1.82, 2.24) is 24.5 Å². The van der Waals surface area contributed by atoms with Crippen LogP contribution in [0.5, 0.6) is 11.5 Å². The number of para-hydroxylation sites is 1. The van der Waals surface area contributed by atoms with Gasteiger partial charge >= 0.3 is 0 Å². The maximum absolute atomic E-state index is 5.54. The third kappa shape index (κ3) is 5.05. The number of hydrogen-bond donors (Lipinski definition) is 0. The largest absolute Gasteiger partial charge is 0.493 e. The van der Waals surface area contributed by atoms with E-state index in [2.05, 4.69) is 26.9 Å². The summed E-state index contributed by atoms with van der Waals surface area (Å²) in [5.74, 6) is 3.34. The molecule has 39 heavy (non-hydrogen) atoms. The molecular formula is C31H30N6O2. The van der Waals surface area contributed by atoms with E-state index in [1.165, 1.54) is 19.3 Å². The zero-order valence-electron chi connectivity index (χ0n) is 22.1. The molecule has 0 saturated carbocycles. The van der Waals surface area contributed by atoms with Crippen LogP contribution in [-0.2, 0) is 13.0 Å². The summed E-state index contributed by atoms with van der Waals surface area (Å²) in [5, 5.41) is 13.8. The Balaban J connectivity index is 1.32. The van der Waals surface area contributed by atoms with E-state index in [0.29, 0.717) is 11.5 Å². The fourth-order valence-corrected chi connectivity index (χ4v) is 4.94. The maximum atomic E-state index is 5.54. The molecule has 1 aliphatic rings. The van der Waals surface area contributed by atoms with Gasteiger partial charge in [-0.2, -0.15) is 5.10 Å². The van der Waals surface area contributed by atoms with Gasteiger partial charge in [0.15, 0.2) is 17.3 Å². The number of methoxy groups -OCH3 is 2. The van der Waals surface area contributed by atoms with E-state index in [1.807, 2.05) is 77.8 Å². The SMILES string of the molecule is COc1ccc(-c2nn(-c3ccccc3)cc2C=Nc2ccc(-c3nnc4n3CCCCC4)cc2)cc1OC. The molecule has 0 N–H and O–H groups in total. The van der Waals surface area contributed by atoms with Gasteiger partial charge in [-0.3, -0.25) is 4.99 Å². The van der Waals surface area contributed by atoms with Crippen molar-refractivity contribution < 1.29 is 9.47 Å². The van der Waals surface area contributed by atoms with Crippen molar-refractivity contribution in [2.45, 2.75) is 32.2 Å². The summed E-state index contributed by atoms with van der Waals surface area (Å²) >= 11 is 0. The van der Waals surface area contributed by atoms with Crippen molar-refractivity contribution in [3.63, 3.8) is 0 Å². The van der Waals surface area contributed by atoms with Gasteiger partial charge in [-0.05, 0) is 67.4 Å². The highest BCUT2D eigenvalue weighted by molar-refractivity contribution is 5.90. The molecule has 0 aliphatic carbocycles. The van der Waals surface area contributed by atoms with Crippen LogP contribution in [0.25, 0.3) is 28.3 Å². The minimum Gasteiger partial charge on any atom is -0.493 e. The van der Waals surface area contributed by atoms with Crippen molar-refractivity contribution in [2.24, 2.45) is 4.99 Å². The van der Waals surface area contributed by atoms with Crippen molar-refractivity contribution in [3.8, 4) is 39.8 Å². The molecule has 0 atom stereocenters. The van der Waals surface area contributed by atoms with Gasteiger partial charge in [0.05, 0.1) is 25.6 Å². The molecule has 196 valence electrons. The van der Waals surface area contributed by atoms with Gasteiger partial charge in [0.25, 0.3) is 0 Å². The van der Waals surface area contributed by atoms with Crippen LogP contribution in [-0.4, -0.2) is 45.0 Å². The quantitative estimate of drug-likeness (QED) is 0.237. The van der Waals surface area contributed by atoms with Gasteiger partial charge in [0.1, 0.15) is 11.5 Å². The first kappa shape index (κ1) is 24.6. The van der Waals surface area contributed by atoms with E-state index in [4.69, 9.17) is 19.6 Å². The van der Waals surface area contributed by atoms with Gasteiger partial charge in [-0.25, -0.2) is 4.68 Å². The van der Waals surface area contributed by atoms with Crippen LogP contribution in [0.2, 0.25) is 0 Å². The summed E-state index contributed by atoms with van der Waals surface area (Å²) in [4.78, 5) is 4.79. The van der Waals surface area contributed by atoms with Crippen molar-refractivity contribution in [2.75, 3.05) is 14.2 Å². The van der Waals surface area contributed by atoms with Crippen LogP contribution in [0.4, 0.5) is 5.69 Å². The van der Waals surface area contributed by atoms with Crippen molar-refractivity contribution >= 4 is 11.9 Å². The molecular weight excluding hydrogens is 488 g/mol. The van der Waals surface area contributed by atoms with Gasteiger partial charge in [0.2, 0.25) is 0 Å². The highest BCUT2D eigenvalue weighted by Gasteiger charge is 2.16. The van der Waals surface area contributed by atoms with Crippen LogP contribution >= 0.6 is 0 Å². The molecule has 0 spiro atoms. The molecule has 0 amide bonds. The summed E-state index contributed by atoms with van der Waals surface area (Å²) in [7, 11) is 3.26. The summed E-state index contributed by atoms with van der Waals surface area (Å²) < 4.78 is 15.1. The molecule has 5 aromatic rings. The topological polar surface area (TPSA) is 79.4 Å². The van der Waals surface area contributed by atoms with Gasteiger partial charge in [-0.15, -0.1) is 10.2 Å². The zero-order chi connectivity index (χ0) is 26.6. The molecule has 1 aliphatic heterocycles. The first-order valence-corrected chi connectivity index (χ1v) is 13.2. The molecule has 0 bridgehead atoms. The lowest BCUT2D eigenvalue weighted by Crippen LogP contribution is -2.02. The van der Waals surface area contributed by atoms with E-state index in [9.17, 15) is 0 Å². The van der Waals surface area contributed by atoms with E-state index < -0.39 is 0 Å². The number of fused-ring (bicyclic) bond motifs is 1. The van der Waals surface area contributed by atoms with E-state index in [-0.39, 0.29) is 0 Å². The lowest BCUT2D eigenvalue weighted by atomic mass is 10.1. The van der Waals surface area contributed by atoms with Crippen LogP contribution in [0.3, 0.4) is 0 Å². The fraction of sp³-hybridized carbons (Fsp3) is 0.226. The Hall–Kier alpha value is -4.72. The molecule has 0 fully saturated rings. The highest BCUT2D eigenvalue weighted by atomic mass is 16.5. The number of nitrogens with zero attached hydrogens (tertiary/aromatic N) is 6. The van der Waals surface area contributed by atoms with Gasteiger partial charge in [-0.1, -0.05) is 24.6 Å². The molecule has 0 unspecified atom stereocenters. The smallest absolute Gasteiger partial charge is 0.163 e. The predicted octanol–water partition coefficient (Wildman–Crippen LogP) is 6.29. The normalized spacial score (nSPS) is 13.3. The van der Waals surface area contributed by atoms with Crippen LogP contribution in [0, 0.1) is 0 Å². The van der Waals surface area contributed by atoms with Gasteiger partial charge in [0, 0.05) is 42.1 Å². The second kappa shape index (κ2) is 10.9. The lowest BCUT2D eigenvalue weighted by molar-refractivity contribution is 0.355. The number of benzene rings is 3. The molecule has 0 saturated heterocycles. The van der Waals surface area contributed by atoms with Gasteiger partial charge < -0.3 is 14.0 Å². The molecule has 2 aromatic heterocycles. The molecule has 6 rings (SSSR count). The molecule has 0 radical (unpaired) electrons. The molecule has 8 heteroatoms. The third-order valence-corrected chi connectivity index (χ3v) is 7.01. The Morgan fingerprint density at radius 2 is 1.62 bits per heavy atom. The highest BCUT2D eigenvalue weighted by Crippen LogP contribution is 2.33.